The van der Waals surface area contributed by atoms with Gasteiger partial charge >= 0.3 is 0 Å². The number of fused-ring (bicyclic) bond motifs is 1. The number of hydrogen-bond acceptors (Lipinski definition) is 8. The van der Waals surface area contributed by atoms with Crippen molar-refractivity contribution in [2.24, 2.45) is 7.05 Å². The van der Waals surface area contributed by atoms with Crippen LogP contribution in [0.5, 0.6) is 0 Å². The second-order valence-corrected chi connectivity index (χ2v) is 7.92. The van der Waals surface area contributed by atoms with Crippen LogP contribution in [-0.4, -0.2) is 45.9 Å². The number of hydrogen-bond donors (Lipinski definition) is 1. The first-order valence-corrected chi connectivity index (χ1v) is 10.5. The zero-order valence-electron chi connectivity index (χ0n) is 16.6. The van der Waals surface area contributed by atoms with Gasteiger partial charge in [-0.05, 0) is 18.0 Å². The van der Waals surface area contributed by atoms with Crippen molar-refractivity contribution in [1.29, 1.82) is 5.26 Å². The highest BCUT2D eigenvalue weighted by Gasteiger charge is 2.27. The average Bonchev–Trinajstić information content (AvgIpc) is 3.51. The fourth-order valence-corrected chi connectivity index (χ4v) is 4.26. The van der Waals surface area contributed by atoms with Crippen molar-refractivity contribution in [3.63, 3.8) is 0 Å². The predicted molar refractivity (Wildman–Crippen MR) is 112 cm³/mol. The number of aromatic nitrogens is 7. The lowest BCUT2D eigenvalue weighted by Crippen LogP contribution is -2.41. The van der Waals surface area contributed by atoms with E-state index in [2.05, 4.69) is 29.9 Å². The van der Waals surface area contributed by atoms with Crippen LogP contribution in [0.2, 0.25) is 0 Å². The summed E-state index contributed by atoms with van der Waals surface area (Å²) in [5.41, 5.74) is 1.92. The van der Waals surface area contributed by atoms with Crippen LogP contribution in [-0.2, 0) is 20.0 Å². The van der Waals surface area contributed by atoms with Gasteiger partial charge in [0.15, 0.2) is 5.82 Å². The zero-order chi connectivity index (χ0) is 21.4. The first kappa shape index (κ1) is 19.1. The molecule has 1 amide bonds. The third-order valence-electron chi connectivity index (χ3n) is 5.14. The van der Waals surface area contributed by atoms with Crippen molar-refractivity contribution in [2.45, 2.75) is 25.4 Å². The topological polar surface area (TPSA) is 127 Å². The van der Waals surface area contributed by atoms with Gasteiger partial charge in [0.1, 0.15) is 22.6 Å². The number of rotatable bonds is 4. The van der Waals surface area contributed by atoms with Crippen LogP contribution in [0.25, 0.3) is 22.0 Å². The summed E-state index contributed by atoms with van der Waals surface area (Å²) < 4.78 is 7.39. The van der Waals surface area contributed by atoms with E-state index >= 15 is 0 Å². The summed E-state index contributed by atoms with van der Waals surface area (Å²) >= 11 is 1.07. The summed E-state index contributed by atoms with van der Waals surface area (Å²) in [5.74, 6) is 1.38. The Morgan fingerprint density at radius 1 is 1.29 bits per heavy atom. The maximum atomic E-state index is 13.1. The quantitative estimate of drug-likeness (QED) is 0.522. The van der Waals surface area contributed by atoms with Crippen LogP contribution >= 0.6 is 11.5 Å². The van der Waals surface area contributed by atoms with E-state index in [1.54, 1.807) is 13.2 Å². The average molecular weight is 431 g/mol. The summed E-state index contributed by atoms with van der Waals surface area (Å²) in [5, 5.41) is 21.4. The molecule has 5 rings (SSSR count). The Hall–Kier alpha value is -3.91. The fraction of sp³-hybridized carbons (Fsp3) is 0.250. The molecule has 3 aromatic heterocycles. The highest BCUT2D eigenvalue weighted by molar-refractivity contribution is 7.09. The number of nitrogens with one attached hydrogen (secondary N) is 1. The van der Waals surface area contributed by atoms with Crippen LogP contribution < -0.4 is 5.32 Å². The van der Waals surface area contributed by atoms with Crippen LogP contribution in [0.3, 0.4) is 0 Å². The molecule has 1 unspecified atom stereocenters. The summed E-state index contributed by atoms with van der Waals surface area (Å²) in [6, 6.07) is 11.7. The van der Waals surface area contributed by atoms with Crippen molar-refractivity contribution >= 4 is 17.4 Å². The molecule has 0 saturated heterocycles. The number of carbonyl (C=O) groups excluding carboxylic acids is 1. The standard InChI is InChI=1S/C20H17N9OS/c1-28-17(14(11-22-28)20-24-15(10-21)27-31-20)19(30)23-13-7-8-29-16(9-13)25-18(26-29)12-5-3-2-4-6-12/h2-6,11,13H,7-9H2,1H3,(H,23,30). The Kier molecular flexibility index (Phi) is 4.76. The number of nitrogens with zero attached hydrogens (tertiary/aromatic N) is 8. The van der Waals surface area contributed by atoms with E-state index in [9.17, 15) is 4.79 Å². The van der Waals surface area contributed by atoms with Crippen molar-refractivity contribution in [2.75, 3.05) is 0 Å². The molecule has 11 heteroatoms. The highest BCUT2D eigenvalue weighted by atomic mass is 32.1. The zero-order valence-corrected chi connectivity index (χ0v) is 17.4. The van der Waals surface area contributed by atoms with Gasteiger partial charge in [0.05, 0.1) is 11.8 Å². The van der Waals surface area contributed by atoms with E-state index in [4.69, 9.17) is 5.26 Å². The van der Waals surface area contributed by atoms with Gasteiger partial charge in [0.2, 0.25) is 5.82 Å². The van der Waals surface area contributed by atoms with E-state index < -0.39 is 0 Å². The number of amides is 1. The van der Waals surface area contributed by atoms with Gasteiger partial charge < -0.3 is 5.32 Å². The molecule has 4 heterocycles. The first-order valence-electron chi connectivity index (χ1n) is 9.68. The Morgan fingerprint density at radius 3 is 2.90 bits per heavy atom. The lowest BCUT2D eigenvalue weighted by molar-refractivity contribution is 0.0921. The highest BCUT2D eigenvalue weighted by Crippen LogP contribution is 2.26. The molecule has 0 aliphatic carbocycles. The van der Waals surface area contributed by atoms with Gasteiger partial charge in [-0.15, -0.1) is 0 Å². The molecular weight excluding hydrogens is 414 g/mol. The maximum Gasteiger partial charge on any atom is 0.270 e. The summed E-state index contributed by atoms with van der Waals surface area (Å²) in [6.45, 7) is 0.681. The van der Waals surface area contributed by atoms with Crippen molar-refractivity contribution in [1.82, 2.24) is 39.2 Å². The molecule has 1 aliphatic heterocycles. The third-order valence-corrected chi connectivity index (χ3v) is 5.89. The van der Waals surface area contributed by atoms with Crippen LogP contribution in [0.1, 0.15) is 28.6 Å². The lowest BCUT2D eigenvalue weighted by atomic mass is 10.1. The van der Waals surface area contributed by atoms with Gasteiger partial charge in [-0.25, -0.2) is 14.6 Å². The predicted octanol–water partition coefficient (Wildman–Crippen LogP) is 1.81. The van der Waals surface area contributed by atoms with E-state index in [-0.39, 0.29) is 17.8 Å². The molecule has 4 aromatic rings. The molecule has 31 heavy (non-hydrogen) atoms. The summed E-state index contributed by atoms with van der Waals surface area (Å²) in [7, 11) is 1.70. The molecule has 0 spiro atoms. The Balaban J connectivity index is 1.34. The van der Waals surface area contributed by atoms with E-state index in [1.165, 1.54) is 4.68 Å². The summed E-state index contributed by atoms with van der Waals surface area (Å²) in [4.78, 5) is 21.9. The molecule has 154 valence electrons. The van der Waals surface area contributed by atoms with Gasteiger partial charge in [-0.2, -0.15) is 19.8 Å². The van der Waals surface area contributed by atoms with E-state index in [1.807, 2.05) is 41.1 Å². The Bertz CT molecular complexity index is 1300. The number of carbonyl (C=O) groups is 1. The third kappa shape index (κ3) is 3.57. The second-order valence-electron chi connectivity index (χ2n) is 7.17. The largest absolute Gasteiger partial charge is 0.347 e. The minimum atomic E-state index is -0.245. The molecule has 1 atom stereocenters. The Labute approximate surface area is 181 Å². The fourth-order valence-electron chi connectivity index (χ4n) is 3.63. The molecule has 1 N–H and O–H groups in total. The normalized spacial score (nSPS) is 15.3. The molecule has 1 aliphatic rings. The smallest absolute Gasteiger partial charge is 0.270 e. The van der Waals surface area contributed by atoms with E-state index in [0.29, 0.717) is 35.1 Å². The van der Waals surface area contributed by atoms with Crippen molar-refractivity contribution in [3.05, 3.63) is 53.9 Å². The molecular formula is C20H17N9OS. The van der Waals surface area contributed by atoms with Crippen molar-refractivity contribution in [3.8, 4) is 28.0 Å². The Morgan fingerprint density at radius 2 is 2.13 bits per heavy atom. The molecule has 10 nitrogen and oxygen atoms in total. The maximum absolute atomic E-state index is 13.1. The minimum Gasteiger partial charge on any atom is -0.347 e. The van der Waals surface area contributed by atoms with Crippen LogP contribution in [0.4, 0.5) is 0 Å². The molecule has 0 saturated carbocycles. The van der Waals surface area contributed by atoms with E-state index in [0.717, 1.165) is 29.3 Å². The number of nitriles is 1. The van der Waals surface area contributed by atoms with Gasteiger partial charge in [-0.1, -0.05) is 30.3 Å². The van der Waals surface area contributed by atoms with Crippen LogP contribution in [0, 0.1) is 11.3 Å². The molecule has 0 fully saturated rings. The SMILES string of the molecule is Cn1ncc(-c2nc(C#N)ns2)c1C(=O)NC1CCn2nc(-c3ccccc3)nc2C1. The molecule has 0 bridgehead atoms. The number of benzene rings is 1. The van der Waals surface area contributed by atoms with Crippen LogP contribution in [0.15, 0.2) is 36.5 Å². The molecule has 1 aromatic carbocycles. The van der Waals surface area contributed by atoms with Gasteiger partial charge in [-0.3, -0.25) is 9.48 Å². The second kappa shape index (κ2) is 7.73. The van der Waals surface area contributed by atoms with Crippen molar-refractivity contribution < 1.29 is 4.79 Å². The number of aryl methyl sites for hydroxylation is 2. The van der Waals surface area contributed by atoms with Gasteiger partial charge in [0.25, 0.3) is 5.91 Å². The lowest BCUT2D eigenvalue weighted by Gasteiger charge is -2.23. The van der Waals surface area contributed by atoms with Gasteiger partial charge in [0, 0.05) is 31.6 Å². The summed E-state index contributed by atoms with van der Waals surface area (Å²) in [6.07, 6.45) is 2.91. The minimum absolute atomic E-state index is 0.0698. The molecule has 0 radical (unpaired) electrons. The first-order chi connectivity index (χ1) is 15.1. The monoisotopic (exact) mass is 431 g/mol.